The third kappa shape index (κ3) is 5.60. The van der Waals surface area contributed by atoms with E-state index in [0.29, 0.717) is 30.9 Å². The summed E-state index contributed by atoms with van der Waals surface area (Å²) in [5.41, 5.74) is 0.582. The summed E-state index contributed by atoms with van der Waals surface area (Å²) >= 11 is 0. The first-order valence-electron chi connectivity index (χ1n) is 5.71. The topological polar surface area (TPSA) is 36.3 Å². The molecular formula is C13H16F2N2O. The minimum absolute atomic E-state index is 0.211. The van der Waals surface area contributed by atoms with Crippen LogP contribution >= 0.6 is 0 Å². The van der Waals surface area contributed by atoms with Crippen molar-refractivity contribution in [1.82, 2.24) is 4.90 Å². The Balaban J connectivity index is 2.19. The van der Waals surface area contributed by atoms with E-state index < -0.39 is 6.43 Å². The molecule has 0 spiro atoms. The Morgan fingerprint density at radius 1 is 1.33 bits per heavy atom. The second-order valence-corrected chi connectivity index (χ2v) is 3.99. The molecule has 5 heteroatoms. The van der Waals surface area contributed by atoms with Crippen LogP contribution in [0.15, 0.2) is 24.3 Å². The van der Waals surface area contributed by atoms with Crippen molar-refractivity contribution in [2.24, 2.45) is 0 Å². The lowest BCUT2D eigenvalue weighted by molar-refractivity contribution is 0.0977. The number of alkyl halides is 2. The van der Waals surface area contributed by atoms with E-state index in [4.69, 9.17) is 10.00 Å². The molecule has 0 aliphatic heterocycles. The van der Waals surface area contributed by atoms with Gasteiger partial charge in [-0.25, -0.2) is 8.78 Å². The van der Waals surface area contributed by atoms with Gasteiger partial charge in [-0.1, -0.05) is 0 Å². The molecule has 1 rings (SSSR count). The molecule has 0 aromatic heterocycles. The highest BCUT2D eigenvalue weighted by molar-refractivity contribution is 5.34. The lowest BCUT2D eigenvalue weighted by atomic mass is 10.2. The number of nitriles is 1. The van der Waals surface area contributed by atoms with Crippen molar-refractivity contribution < 1.29 is 13.5 Å². The predicted molar refractivity (Wildman–Crippen MR) is 64.8 cm³/mol. The first kappa shape index (κ1) is 14.4. The van der Waals surface area contributed by atoms with Crippen LogP contribution in [0.4, 0.5) is 8.78 Å². The Morgan fingerprint density at radius 2 is 2.00 bits per heavy atom. The highest BCUT2D eigenvalue weighted by atomic mass is 19.3. The average molecular weight is 254 g/mol. The van der Waals surface area contributed by atoms with Gasteiger partial charge in [0.25, 0.3) is 6.43 Å². The van der Waals surface area contributed by atoms with E-state index in [1.54, 1.807) is 36.2 Å². The van der Waals surface area contributed by atoms with Crippen LogP contribution < -0.4 is 4.74 Å². The van der Waals surface area contributed by atoms with E-state index in [1.807, 2.05) is 6.07 Å². The molecule has 0 saturated heterocycles. The van der Waals surface area contributed by atoms with Gasteiger partial charge >= 0.3 is 0 Å². The minimum Gasteiger partial charge on any atom is -0.494 e. The zero-order chi connectivity index (χ0) is 13.4. The number of benzene rings is 1. The second kappa shape index (κ2) is 7.62. The summed E-state index contributed by atoms with van der Waals surface area (Å²) in [5, 5.41) is 8.62. The van der Waals surface area contributed by atoms with Crippen molar-refractivity contribution in [2.75, 3.05) is 26.7 Å². The summed E-state index contributed by atoms with van der Waals surface area (Å²) in [6.45, 7) is 0.830. The summed E-state index contributed by atoms with van der Waals surface area (Å²) in [7, 11) is 1.66. The van der Waals surface area contributed by atoms with Crippen LogP contribution in [-0.4, -0.2) is 38.1 Å². The van der Waals surface area contributed by atoms with Crippen LogP contribution in [0.5, 0.6) is 5.75 Å². The fourth-order valence-electron chi connectivity index (χ4n) is 1.48. The van der Waals surface area contributed by atoms with Crippen molar-refractivity contribution >= 4 is 0 Å². The number of halogens is 2. The van der Waals surface area contributed by atoms with Gasteiger partial charge in [-0.2, -0.15) is 5.26 Å². The SMILES string of the molecule is CN(CCCOc1ccc(C#N)cc1)CC(F)F. The van der Waals surface area contributed by atoms with Crippen molar-refractivity contribution in [3.63, 3.8) is 0 Å². The van der Waals surface area contributed by atoms with E-state index in [1.165, 1.54) is 0 Å². The van der Waals surface area contributed by atoms with Gasteiger partial charge in [-0.3, -0.25) is 0 Å². The molecule has 1 aromatic carbocycles. The number of nitrogens with zero attached hydrogens (tertiary/aromatic N) is 2. The molecular weight excluding hydrogens is 238 g/mol. The maximum absolute atomic E-state index is 12.0. The zero-order valence-electron chi connectivity index (χ0n) is 10.3. The Hall–Kier alpha value is -1.67. The van der Waals surface area contributed by atoms with E-state index in [9.17, 15) is 8.78 Å². The molecule has 0 aliphatic carbocycles. The molecule has 0 heterocycles. The molecule has 0 atom stereocenters. The van der Waals surface area contributed by atoms with Gasteiger partial charge in [-0.05, 0) is 37.7 Å². The number of rotatable bonds is 7. The van der Waals surface area contributed by atoms with Gasteiger partial charge in [0.05, 0.1) is 24.8 Å². The molecule has 0 unspecified atom stereocenters. The van der Waals surface area contributed by atoms with Gasteiger partial charge in [0.1, 0.15) is 5.75 Å². The summed E-state index contributed by atoms with van der Waals surface area (Å²) < 4.78 is 29.5. The summed E-state index contributed by atoms with van der Waals surface area (Å²) in [6, 6.07) is 8.83. The van der Waals surface area contributed by atoms with E-state index in [2.05, 4.69) is 0 Å². The number of hydrogen-bond donors (Lipinski definition) is 0. The first-order chi connectivity index (χ1) is 8.61. The van der Waals surface area contributed by atoms with E-state index in [0.717, 1.165) is 0 Å². The molecule has 18 heavy (non-hydrogen) atoms. The van der Waals surface area contributed by atoms with Gasteiger partial charge in [0.2, 0.25) is 0 Å². The number of ether oxygens (including phenoxy) is 1. The van der Waals surface area contributed by atoms with Crippen LogP contribution in [0.2, 0.25) is 0 Å². The standard InChI is InChI=1S/C13H16F2N2O/c1-17(10-13(14)15)7-2-8-18-12-5-3-11(9-16)4-6-12/h3-6,13H,2,7-8,10H2,1H3. The van der Waals surface area contributed by atoms with Crippen molar-refractivity contribution in [3.8, 4) is 11.8 Å². The predicted octanol–water partition coefficient (Wildman–Crippen LogP) is 2.52. The van der Waals surface area contributed by atoms with E-state index >= 15 is 0 Å². The molecule has 0 aliphatic rings. The molecule has 0 fully saturated rings. The molecule has 98 valence electrons. The van der Waals surface area contributed by atoms with Gasteiger partial charge in [-0.15, -0.1) is 0 Å². The molecule has 0 radical (unpaired) electrons. The highest BCUT2D eigenvalue weighted by Crippen LogP contribution is 2.11. The third-order valence-electron chi connectivity index (χ3n) is 2.39. The van der Waals surface area contributed by atoms with Gasteiger partial charge in [0.15, 0.2) is 0 Å². The van der Waals surface area contributed by atoms with Crippen LogP contribution in [0.25, 0.3) is 0 Å². The van der Waals surface area contributed by atoms with Crippen LogP contribution in [0.1, 0.15) is 12.0 Å². The van der Waals surface area contributed by atoms with Gasteiger partial charge < -0.3 is 9.64 Å². The largest absolute Gasteiger partial charge is 0.494 e. The molecule has 0 N–H and O–H groups in total. The van der Waals surface area contributed by atoms with Crippen LogP contribution in [0, 0.1) is 11.3 Å². The lowest BCUT2D eigenvalue weighted by Gasteiger charge is -2.15. The summed E-state index contributed by atoms with van der Waals surface area (Å²) in [5.74, 6) is 0.686. The zero-order valence-corrected chi connectivity index (χ0v) is 10.3. The fourth-order valence-corrected chi connectivity index (χ4v) is 1.48. The molecule has 0 bridgehead atoms. The van der Waals surface area contributed by atoms with Crippen LogP contribution in [-0.2, 0) is 0 Å². The smallest absolute Gasteiger partial charge is 0.251 e. The quantitative estimate of drug-likeness (QED) is 0.701. The fraction of sp³-hybridized carbons (Fsp3) is 0.462. The van der Waals surface area contributed by atoms with Crippen molar-refractivity contribution in [3.05, 3.63) is 29.8 Å². The maximum atomic E-state index is 12.0. The third-order valence-corrected chi connectivity index (χ3v) is 2.39. The second-order valence-electron chi connectivity index (χ2n) is 3.99. The normalized spacial score (nSPS) is 10.7. The first-order valence-corrected chi connectivity index (χ1v) is 5.71. The van der Waals surface area contributed by atoms with Gasteiger partial charge in [0, 0.05) is 6.54 Å². The van der Waals surface area contributed by atoms with Crippen LogP contribution in [0.3, 0.4) is 0 Å². The summed E-state index contributed by atoms with van der Waals surface area (Å²) in [4.78, 5) is 1.58. The Morgan fingerprint density at radius 3 is 2.56 bits per heavy atom. The highest BCUT2D eigenvalue weighted by Gasteiger charge is 2.06. The number of hydrogen-bond acceptors (Lipinski definition) is 3. The van der Waals surface area contributed by atoms with E-state index in [-0.39, 0.29) is 6.54 Å². The minimum atomic E-state index is -2.30. The molecule has 0 amide bonds. The molecule has 0 saturated carbocycles. The van der Waals surface area contributed by atoms with Crippen molar-refractivity contribution in [2.45, 2.75) is 12.8 Å². The summed E-state index contributed by atoms with van der Waals surface area (Å²) in [6.07, 6.45) is -1.61. The Kier molecular flexibility index (Phi) is 6.09. The van der Waals surface area contributed by atoms with Crippen molar-refractivity contribution in [1.29, 1.82) is 5.26 Å². The Bertz CT molecular complexity index is 387. The average Bonchev–Trinajstić information content (AvgIpc) is 2.34. The lowest BCUT2D eigenvalue weighted by Crippen LogP contribution is -2.26. The Labute approximate surface area is 106 Å². The monoisotopic (exact) mass is 254 g/mol. The molecule has 1 aromatic rings. The maximum Gasteiger partial charge on any atom is 0.251 e. The molecule has 3 nitrogen and oxygen atoms in total.